The third kappa shape index (κ3) is 5.00. The van der Waals surface area contributed by atoms with Crippen molar-refractivity contribution >= 4 is 5.69 Å². The fourth-order valence-electron chi connectivity index (χ4n) is 4.06. The summed E-state index contributed by atoms with van der Waals surface area (Å²) < 4.78 is 5.96. The Kier molecular flexibility index (Phi) is 6.21. The Morgan fingerprint density at radius 1 is 1.25 bits per heavy atom. The number of allylic oxidation sites excluding steroid dienone is 1. The summed E-state index contributed by atoms with van der Waals surface area (Å²) in [5.41, 5.74) is 2.41. The maximum atomic E-state index is 5.96. The zero-order valence-electron chi connectivity index (χ0n) is 18.1. The van der Waals surface area contributed by atoms with Crippen LogP contribution in [-0.2, 0) is 11.8 Å². The van der Waals surface area contributed by atoms with Crippen molar-refractivity contribution < 1.29 is 4.42 Å². The van der Waals surface area contributed by atoms with Gasteiger partial charge < -0.3 is 9.73 Å². The molecule has 28 heavy (non-hydrogen) atoms. The van der Waals surface area contributed by atoms with Crippen LogP contribution in [0.5, 0.6) is 0 Å². The van der Waals surface area contributed by atoms with Crippen LogP contribution < -0.4 is 5.32 Å². The Morgan fingerprint density at radius 2 is 2.04 bits per heavy atom. The van der Waals surface area contributed by atoms with Crippen LogP contribution in [-0.4, -0.2) is 21.7 Å². The van der Waals surface area contributed by atoms with Gasteiger partial charge >= 0.3 is 0 Å². The van der Waals surface area contributed by atoms with Crippen molar-refractivity contribution in [3.05, 3.63) is 48.0 Å². The molecule has 0 amide bonds. The van der Waals surface area contributed by atoms with Gasteiger partial charge in [0.2, 0.25) is 11.8 Å². The second-order valence-electron chi connectivity index (χ2n) is 9.49. The van der Waals surface area contributed by atoms with E-state index < -0.39 is 0 Å². The third-order valence-corrected chi connectivity index (χ3v) is 5.82. The molecule has 1 N–H and O–H groups in total. The molecule has 0 bridgehead atoms. The molecule has 5 nitrogen and oxygen atoms in total. The van der Waals surface area contributed by atoms with Crippen molar-refractivity contribution in [1.82, 2.24) is 15.2 Å². The monoisotopic (exact) mass is 382 g/mol. The van der Waals surface area contributed by atoms with Crippen LogP contribution in [0.15, 0.2) is 40.6 Å². The first-order chi connectivity index (χ1) is 13.2. The van der Waals surface area contributed by atoms with Crippen LogP contribution in [0.25, 0.3) is 0 Å². The quantitative estimate of drug-likeness (QED) is 0.689. The van der Waals surface area contributed by atoms with Crippen molar-refractivity contribution in [3.8, 4) is 0 Å². The van der Waals surface area contributed by atoms with E-state index in [0.717, 1.165) is 36.9 Å². The van der Waals surface area contributed by atoms with E-state index in [1.54, 1.807) is 6.20 Å². The van der Waals surface area contributed by atoms with Crippen LogP contribution in [0.3, 0.4) is 0 Å². The lowest BCUT2D eigenvalue weighted by atomic mass is 9.70. The van der Waals surface area contributed by atoms with E-state index in [-0.39, 0.29) is 5.41 Å². The van der Waals surface area contributed by atoms with Crippen LogP contribution in [0.4, 0.5) is 5.69 Å². The van der Waals surface area contributed by atoms with E-state index in [1.165, 1.54) is 5.57 Å². The first-order valence-corrected chi connectivity index (χ1v) is 10.4. The number of nitrogens with zero attached hydrogens (tertiary/aromatic N) is 3. The van der Waals surface area contributed by atoms with Gasteiger partial charge in [-0.2, -0.15) is 0 Å². The molecule has 3 rings (SSSR count). The Hall–Kier alpha value is -2.17. The topological polar surface area (TPSA) is 63.8 Å². The van der Waals surface area contributed by atoms with Crippen LogP contribution in [0, 0.1) is 23.7 Å². The highest BCUT2D eigenvalue weighted by atomic mass is 16.4. The van der Waals surface area contributed by atoms with Gasteiger partial charge in [-0.05, 0) is 49.1 Å². The highest BCUT2D eigenvalue weighted by molar-refractivity contribution is 5.40. The summed E-state index contributed by atoms with van der Waals surface area (Å²) in [7, 11) is 0. The highest BCUT2D eigenvalue weighted by Crippen LogP contribution is 2.39. The summed E-state index contributed by atoms with van der Waals surface area (Å²) in [6, 6.07) is 4.04. The molecule has 0 radical (unpaired) electrons. The second kappa shape index (κ2) is 8.46. The first kappa shape index (κ1) is 20.6. The molecule has 0 saturated carbocycles. The maximum absolute atomic E-state index is 5.96. The van der Waals surface area contributed by atoms with Gasteiger partial charge in [-0.15, -0.1) is 10.2 Å². The predicted molar refractivity (Wildman–Crippen MR) is 113 cm³/mol. The van der Waals surface area contributed by atoms with E-state index in [1.807, 2.05) is 12.3 Å². The number of aromatic nitrogens is 3. The minimum absolute atomic E-state index is 0.105. The molecule has 1 aliphatic rings. The predicted octanol–water partition coefficient (Wildman–Crippen LogP) is 5.27. The molecule has 0 spiro atoms. The fourth-order valence-corrected chi connectivity index (χ4v) is 4.06. The van der Waals surface area contributed by atoms with E-state index in [0.29, 0.717) is 23.7 Å². The van der Waals surface area contributed by atoms with E-state index >= 15 is 0 Å². The van der Waals surface area contributed by atoms with Crippen molar-refractivity contribution in [1.29, 1.82) is 0 Å². The second-order valence-corrected chi connectivity index (χ2v) is 9.49. The largest absolute Gasteiger partial charge is 0.425 e. The van der Waals surface area contributed by atoms with Gasteiger partial charge in [-0.3, -0.25) is 4.98 Å². The standard InChI is InChI=1S/C23H34N4O/c1-15(2)20-11-17(12-21-26-27-22(28-21)23(4,5)6)16(3)10-18(20)13-25-19-8-7-9-24-14-19/h7-10,14-15,17-18,20,25H,11-13H2,1-6H3. The Labute approximate surface area is 169 Å². The normalized spacial score (nSPS) is 23.0. The fraction of sp³-hybridized carbons (Fsp3) is 0.609. The molecule has 2 aromatic heterocycles. The van der Waals surface area contributed by atoms with Gasteiger partial charge in [0, 0.05) is 30.8 Å². The third-order valence-electron chi connectivity index (χ3n) is 5.82. The summed E-state index contributed by atoms with van der Waals surface area (Å²) in [6.45, 7) is 14.2. The molecule has 3 atom stereocenters. The number of pyridine rings is 1. The van der Waals surface area contributed by atoms with Gasteiger partial charge in [0.15, 0.2) is 0 Å². The van der Waals surface area contributed by atoms with Gasteiger partial charge in [0.1, 0.15) is 0 Å². The first-order valence-electron chi connectivity index (χ1n) is 10.4. The zero-order valence-corrected chi connectivity index (χ0v) is 18.1. The summed E-state index contributed by atoms with van der Waals surface area (Å²) in [5, 5.41) is 12.1. The molecular formula is C23H34N4O. The van der Waals surface area contributed by atoms with Crippen molar-refractivity contribution in [2.75, 3.05) is 11.9 Å². The molecule has 3 unspecified atom stereocenters. The molecule has 5 heteroatoms. The van der Waals surface area contributed by atoms with Crippen molar-refractivity contribution in [3.63, 3.8) is 0 Å². The molecule has 152 valence electrons. The Bertz CT molecular complexity index is 788. The maximum Gasteiger partial charge on any atom is 0.221 e. The lowest BCUT2D eigenvalue weighted by Gasteiger charge is -2.37. The number of hydrogen-bond donors (Lipinski definition) is 1. The van der Waals surface area contributed by atoms with Crippen LogP contribution in [0.2, 0.25) is 0 Å². The minimum atomic E-state index is -0.105. The Morgan fingerprint density at radius 3 is 2.64 bits per heavy atom. The highest BCUT2D eigenvalue weighted by Gasteiger charge is 2.32. The molecule has 2 aromatic rings. The number of anilines is 1. The average molecular weight is 383 g/mol. The summed E-state index contributed by atoms with van der Waals surface area (Å²) in [5.74, 6) is 3.72. The van der Waals surface area contributed by atoms with Crippen molar-refractivity contribution in [2.45, 2.75) is 59.8 Å². The summed E-state index contributed by atoms with van der Waals surface area (Å²) in [6.07, 6.45) is 8.14. The average Bonchev–Trinajstić information content (AvgIpc) is 3.11. The SMILES string of the molecule is CC1=CC(CNc2cccnc2)C(C(C)C)CC1Cc1nnc(C(C)(C)C)o1. The molecule has 1 aliphatic carbocycles. The molecule has 0 aromatic carbocycles. The molecule has 0 fully saturated rings. The zero-order chi connectivity index (χ0) is 20.3. The molecule has 0 saturated heterocycles. The summed E-state index contributed by atoms with van der Waals surface area (Å²) in [4.78, 5) is 4.19. The molecular weight excluding hydrogens is 348 g/mol. The van der Waals surface area contributed by atoms with E-state index in [4.69, 9.17) is 4.42 Å². The number of hydrogen-bond acceptors (Lipinski definition) is 5. The van der Waals surface area contributed by atoms with E-state index in [2.05, 4.69) is 74.2 Å². The number of rotatable bonds is 6. The minimum Gasteiger partial charge on any atom is -0.425 e. The molecule has 2 heterocycles. The lowest BCUT2D eigenvalue weighted by molar-refractivity contribution is 0.228. The lowest BCUT2D eigenvalue weighted by Crippen LogP contribution is -2.32. The number of nitrogens with one attached hydrogen (secondary N) is 1. The van der Waals surface area contributed by atoms with Crippen LogP contribution in [0.1, 0.15) is 59.7 Å². The molecule has 0 aliphatic heterocycles. The summed E-state index contributed by atoms with van der Waals surface area (Å²) >= 11 is 0. The van der Waals surface area contributed by atoms with Crippen LogP contribution >= 0.6 is 0 Å². The van der Waals surface area contributed by atoms with E-state index in [9.17, 15) is 0 Å². The Balaban J connectivity index is 1.70. The smallest absolute Gasteiger partial charge is 0.221 e. The van der Waals surface area contributed by atoms with Gasteiger partial charge in [-0.25, -0.2) is 0 Å². The van der Waals surface area contributed by atoms with Gasteiger partial charge in [0.05, 0.1) is 5.69 Å². The van der Waals surface area contributed by atoms with Gasteiger partial charge in [0.25, 0.3) is 0 Å². The van der Waals surface area contributed by atoms with Gasteiger partial charge in [-0.1, -0.05) is 46.3 Å². The van der Waals surface area contributed by atoms with Crippen molar-refractivity contribution in [2.24, 2.45) is 23.7 Å².